The zero-order valence-corrected chi connectivity index (χ0v) is 15.7. The molecule has 2 saturated heterocycles. The van der Waals surface area contributed by atoms with Crippen LogP contribution < -0.4 is 19.9 Å². The zero-order valence-electron chi connectivity index (χ0n) is 15.7. The minimum Gasteiger partial charge on any atom is -0.495 e. The summed E-state index contributed by atoms with van der Waals surface area (Å²) in [6.07, 6.45) is 5.01. The number of carbonyl (C=O) groups excluding carboxylic acids is 1. The average Bonchev–Trinajstić information content (AvgIpc) is 3.40. The normalized spacial score (nSPS) is 19.4. The summed E-state index contributed by atoms with van der Waals surface area (Å²) in [6, 6.07) is 11.9. The number of methoxy groups -OCH3 is 1. The van der Waals surface area contributed by atoms with E-state index in [-0.39, 0.29) is 11.9 Å². The van der Waals surface area contributed by atoms with Crippen LogP contribution in [0.25, 0.3) is 0 Å². The fraction of sp³-hybridized carbons (Fsp3) is 0.429. The molecule has 0 aliphatic carbocycles. The molecule has 142 valence electrons. The monoisotopic (exact) mass is 366 g/mol. The molecule has 2 aliphatic heterocycles. The number of hydrogen-bond acceptors (Lipinski definition) is 5. The summed E-state index contributed by atoms with van der Waals surface area (Å²) in [6.45, 7) is 3.63. The topological polar surface area (TPSA) is 57.7 Å². The lowest BCUT2D eigenvalue weighted by molar-refractivity contribution is 0.0940. The van der Waals surface area contributed by atoms with Crippen molar-refractivity contribution in [2.45, 2.75) is 25.3 Å². The molecule has 0 radical (unpaired) electrons. The number of nitrogens with one attached hydrogen (secondary N) is 1. The van der Waals surface area contributed by atoms with E-state index in [4.69, 9.17) is 4.74 Å². The molecule has 4 rings (SSSR count). The van der Waals surface area contributed by atoms with Crippen LogP contribution in [-0.2, 0) is 0 Å². The standard InChI is InChI=1S/C21H26N4O2/c1-27-19-9-3-2-8-18(19)25-14-10-16(15-25)23-21(26)17-7-6-11-22-20(17)24-12-4-5-13-24/h2-3,6-9,11,16H,4-5,10,12-15H2,1H3,(H,23,26). The lowest BCUT2D eigenvalue weighted by Gasteiger charge is -2.22. The van der Waals surface area contributed by atoms with E-state index in [2.05, 4.69) is 26.2 Å². The number of nitrogens with zero attached hydrogens (tertiary/aromatic N) is 3. The summed E-state index contributed by atoms with van der Waals surface area (Å²) in [5.41, 5.74) is 1.76. The van der Waals surface area contributed by atoms with Crippen molar-refractivity contribution in [1.82, 2.24) is 10.3 Å². The minimum atomic E-state index is -0.0307. The van der Waals surface area contributed by atoms with E-state index in [9.17, 15) is 4.79 Å². The molecular weight excluding hydrogens is 340 g/mol. The van der Waals surface area contributed by atoms with Crippen LogP contribution in [0.5, 0.6) is 5.75 Å². The molecule has 1 amide bonds. The van der Waals surface area contributed by atoms with Gasteiger partial charge in [0.25, 0.3) is 5.91 Å². The molecule has 1 unspecified atom stereocenters. The lowest BCUT2D eigenvalue weighted by Crippen LogP contribution is -2.38. The molecule has 2 aromatic rings. The number of para-hydroxylation sites is 2. The first kappa shape index (κ1) is 17.6. The quantitative estimate of drug-likeness (QED) is 0.882. The first-order valence-electron chi connectivity index (χ1n) is 9.65. The number of benzene rings is 1. The smallest absolute Gasteiger partial charge is 0.255 e. The Labute approximate surface area is 160 Å². The van der Waals surface area contributed by atoms with Gasteiger partial charge in [0.1, 0.15) is 11.6 Å². The van der Waals surface area contributed by atoms with Gasteiger partial charge in [-0.05, 0) is 43.5 Å². The van der Waals surface area contributed by atoms with Crippen LogP contribution in [0.2, 0.25) is 0 Å². The van der Waals surface area contributed by atoms with Gasteiger partial charge in [0.2, 0.25) is 0 Å². The highest BCUT2D eigenvalue weighted by molar-refractivity contribution is 5.99. The van der Waals surface area contributed by atoms with E-state index >= 15 is 0 Å². The predicted octanol–water partition coefficient (Wildman–Crippen LogP) is 2.70. The summed E-state index contributed by atoms with van der Waals surface area (Å²) in [4.78, 5) is 21.9. The highest BCUT2D eigenvalue weighted by atomic mass is 16.5. The van der Waals surface area contributed by atoms with Gasteiger partial charge in [-0.3, -0.25) is 4.79 Å². The third-order valence-corrected chi connectivity index (χ3v) is 5.39. The highest BCUT2D eigenvalue weighted by Gasteiger charge is 2.27. The maximum Gasteiger partial charge on any atom is 0.255 e. The highest BCUT2D eigenvalue weighted by Crippen LogP contribution is 2.30. The molecule has 0 spiro atoms. The zero-order chi connectivity index (χ0) is 18.6. The van der Waals surface area contributed by atoms with Crippen molar-refractivity contribution in [2.24, 2.45) is 0 Å². The average molecular weight is 366 g/mol. The molecule has 1 aromatic carbocycles. The van der Waals surface area contributed by atoms with Gasteiger partial charge in [0.15, 0.2) is 0 Å². The first-order chi connectivity index (χ1) is 13.3. The number of rotatable bonds is 5. The second kappa shape index (κ2) is 7.86. The lowest BCUT2D eigenvalue weighted by atomic mass is 10.2. The van der Waals surface area contributed by atoms with Gasteiger partial charge < -0.3 is 19.9 Å². The van der Waals surface area contributed by atoms with Crippen molar-refractivity contribution in [3.05, 3.63) is 48.2 Å². The van der Waals surface area contributed by atoms with E-state index in [0.717, 1.165) is 62.7 Å². The Kier molecular flexibility index (Phi) is 5.14. The van der Waals surface area contributed by atoms with Crippen LogP contribution in [-0.4, -0.2) is 50.2 Å². The van der Waals surface area contributed by atoms with Crippen molar-refractivity contribution >= 4 is 17.4 Å². The molecule has 3 heterocycles. The Morgan fingerprint density at radius 3 is 2.74 bits per heavy atom. The van der Waals surface area contributed by atoms with Crippen molar-refractivity contribution in [3.63, 3.8) is 0 Å². The SMILES string of the molecule is COc1ccccc1N1CCC(NC(=O)c2cccnc2N2CCCC2)C1. The number of amides is 1. The fourth-order valence-corrected chi connectivity index (χ4v) is 4.01. The van der Waals surface area contributed by atoms with Crippen LogP contribution >= 0.6 is 0 Å². The Hall–Kier alpha value is -2.76. The second-order valence-electron chi connectivity index (χ2n) is 7.15. The molecule has 6 heteroatoms. The van der Waals surface area contributed by atoms with E-state index in [0.29, 0.717) is 5.56 Å². The second-order valence-corrected chi connectivity index (χ2v) is 7.15. The van der Waals surface area contributed by atoms with Gasteiger partial charge >= 0.3 is 0 Å². The molecule has 27 heavy (non-hydrogen) atoms. The van der Waals surface area contributed by atoms with Crippen LogP contribution in [0.15, 0.2) is 42.6 Å². The summed E-state index contributed by atoms with van der Waals surface area (Å²) in [7, 11) is 1.69. The van der Waals surface area contributed by atoms with Gasteiger partial charge in [0.05, 0.1) is 18.4 Å². The summed E-state index contributed by atoms with van der Waals surface area (Å²) in [5.74, 6) is 1.65. The van der Waals surface area contributed by atoms with E-state index in [1.165, 1.54) is 0 Å². The Morgan fingerprint density at radius 1 is 1.11 bits per heavy atom. The summed E-state index contributed by atoms with van der Waals surface area (Å²) in [5, 5.41) is 3.21. The van der Waals surface area contributed by atoms with Gasteiger partial charge in [-0.25, -0.2) is 4.98 Å². The molecule has 1 atom stereocenters. The molecule has 1 aromatic heterocycles. The molecule has 2 fully saturated rings. The predicted molar refractivity (Wildman–Crippen MR) is 107 cm³/mol. The van der Waals surface area contributed by atoms with Crippen molar-refractivity contribution < 1.29 is 9.53 Å². The third-order valence-electron chi connectivity index (χ3n) is 5.39. The number of anilines is 2. The largest absolute Gasteiger partial charge is 0.495 e. The molecule has 0 bridgehead atoms. The van der Waals surface area contributed by atoms with Gasteiger partial charge in [-0.1, -0.05) is 12.1 Å². The van der Waals surface area contributed by atoms with Crippen molar-refractivity contribution in [3.8, 4) is 5.75 Å². The Balaban J connectivity index is 1.44. The van der Waals surface area contributed by atoms with Gasteiger partial charge in [-0.2, -0.15) is 0 Å². The molecule has 2 aliphatic rings. The molecular formula is C21H26N4O2. The number of hydrogen-bond donors (Lipinski definition) is 1. The number of aromatic nitrogens is 1. The summed E-state index contributed by atoms with van der Waals surface area (Å²) < 4.78 is 5.47. The summed E-state index contributed by atoms with van der Waals surface area (Å²) >= 11 is 0. The minimum absolute atomic E-state index is 0.0307. The molecule has 1 N–H and O–H groups in total. The van der Waals surface area contributed by atoms with Crippen LogP contribution in [0.1, 0.15) is 29.6 Å². The number of carbonyl (C=O) groups is 1. The Morgan fingerprint density at radius 2 is 1.93 bits per heavy atom. The molecule has 0 saturated carbocycles. The number of ether oxygens (including phenoxy) is 1. The fourth-order valence-electron chi connectivity index (χ4n) is 4.01. The van der Waals surface area contributed by atoms with E-state index in [1.54, 1.807) is 13.3 Å². The van der Waals surface area contributed by atoms with E-state index in [1.807, 2.05) is 30.3 Å². The van der Waals surface area contributed by atoms with Gasteiger partial charge in [0, 0.05) is 38.4 Å². The van der Waals surface area contributed by atoms with Crippen LogP contribution in [0.3, 0.4) is 0 Å². The number of pyridine rings is 1. The van der Waals surface area contributed by atoms with Crippen LogP contribution in [0.4, 0.5) is 11.5 Å². The maximum atomic E-state index is 12.9. The van der Waals surface area contributed by atoms with Crippen LogP contribution in [0, 0.1) is 0 Å². The van der Waals surface area contributed by atoms with Crippen molar-refractivity contribution in [2.75, 3.05) is 43.1 Å². The Bertz CT molecular complexity index is 804. The van der Waals surface area contributed by atoms with Crippen molar-refractivity contribution in [1.29, 1.82) is 0 Å². The molecule has 6 nitrogen and oxygen atoms in total. The van der Waals surface area contributed by atoms with Gasteiger partial charge in [-0.15, -0.1) is 0 Å². The van der Waals surface area contributed by atoms with E-state index < -0.39 is 0 Å². The third kappa shape index (κ3) is 3.70. The maximum absolute atomic E-state index is 12.9. The first-order valence-corrected chi connectivity index (χ1v) is 9.65.